The number of pyridine rings is 2. The molecule has 0 atom stereocenters. The number of carbonyl (C=O) groups is 2. The molecule has 3 aromatic rings. The van der Waals surface area contributed by atoms with Crippen LogP contribution in [0.5, 0.6) is 5.75 Å². The molecule has 0 fully saturated rings. The minimum absolute atomic E-state index is 0.162. The number of nitrogens with zero attached hydrogens (tertiary/aromatic N) is 4. The van der Waals surface area contributed by atoms with Gasteiger partial charge in [0.2, 0.25) is 0 Å². The molecule has 4 rings (SSSR count). The molecule has 7 heteroatoms. The van der Waals surface area contributed by atoms with Crippen molar-refractivity contribution in [1.82, 2.24) is 19.8 Å². The van der Waals surface area contributed by atoms with E-state index in [1.165, 1.54) is 4.90 Å². The van der Waals surface area contributed by atoms with E-state index >= 15 is 0 Å². The number of hydrogen-bond acceptors (Lipinski definition) is 6. The second kappa shape index (κ2) is 10.1. The van der Waals surface area contributed by atoms with E-state index in [0.717, 1.165) is 17.5 Å². The van der Waals surface area contributed by atoms with E-state index in [-0.39, 0.29) is 18.4 Å². The number of likely N-dealkylation sites (N-methyl/N-ethyl adjacent to an activating group) is 1. The van der Waals surface area contributed by atoms with Crippen LogP contribution in [0, 0.1) is 0 Å². The second-order valence-electron chi connectivity index (χ2n) is 7.67. The van der Waals surface area contributed by atoms with Gasteiger partial charge in [0.15, 0.2) is 0 Å². The summed E-state index contributed by atoms with van der Waals surface area (Å²) in [5.74, 6) is -0.0772. The van der Waals surface area contributed by atoms with Crippen LogP contribution in [0.2, 0.25) is 0 Å². The third-order valence-electron chi connectivity index (χ3n) is 5.70. The topological polar surface area (TPSA) is 75.6 Å². The third kappa shape index (κ3) is 4.62. The van der Waals surface area contributed by atoms with Crippen molar-refractivity contribution in [3.63, 3.8) is 0 Å². The molecule has 1 aliphatic heterocycles. The van der Waals surface area contributed by atoms with E-state index in [0.29, 0.717) is 35.7 Å². The first-order chi connectivity index (χ1) is 16.1. The maximum Gasteiger partial charge on any atom is 0.278 e. The Hall–Kier alpha value is -4.00. The maximum absolute atomic E-state index is 13.6. The normalized spacial score (nSPS) is 13.6. The zero-order valence-electron chi connectivity index (χ0n) is 18.8. The highest BCUT2D eigenvalue weighted by Crippen LogP contribution is 2.36. The van der Waals surface area contributed by atoms with Gasteiger partial charge in [-0.25, -0.2) is 0 Å². The highest BCUT2D eigenvalue weighted by atomic mass is 16.5. The molecular weight excluding hydrogens is 416 g/mol. The molecule has 33 heavy (non-hydrogen) atoms. The Kier molecular flexibility index (Phi) is 6.78. The minimum atomic E-state index is -0.328. The van der Waals surface area contributed by atoms with Crippen molar-refractivity contribution in [2.75, 3.05) is 20.2 Å². The Labute approximate surface area is 193 Å². The molecule has 0 N–H and O–H groups in total. The monoisotopic (exact) mass is 442 g/mol. The Morgan fingerprint density at radius 1 is 0.909 bits per heavy atom. The summed E-state index contributed by atoms with van der Waals surface area (Å²) in [7, 11) is 1.56. The molecule has 1 aromatic carbocycles. The van der Waals surface area contributed by atoms with Crippen LogP contribution in [0.4, 0.5) is 0 Å². The Balaban J connectivity index is 1.74. The number of benzene rings is 1. The Morgan fingerprint density at radius 3 is 2.39 bits per heavy atom. The zero-order valence-corrected chi connectivity index (χ0v) is 18.8. The minimum Gasteiger partial charge on any atom is -0.496 e. The van der Waals surface area contributed by atoms with Crippen LogP contribution in [0.1, 0.15) is 23.6 Å². The first kappa shape index (κ1) is 22.2. The van der Waals surface area contributed by atoms with Gasteiger partial charge < -0.3 is 9.64 Å². The smallest absolute Gasteiger partial charge is 0.278 e. The summed E-state index contributed by atoms with van der Waals surface area (Å²) >= 11 is 0. The van der Waals surface area contributed by atoms with Gasteiger partial charge >= 0.3 is 0 Å². The summed E-state index contributed by atoms with van der Waals surface area (Å²) in [5, 5.41) is 0. The number of amides is 2. The average Bonchev–Trinajstić information content (AvgIpc) is 3.10. The van der Waals surface area contributed by atoms with Gasteiger partial charge in [0, 0.05) is 43.4 Å². The van der Waals surface area contributed by atoms with Gasteiger partial charge in [0.25, 0.3) is 11.8 Å². The maximum atomic E-state index is 13.6. The predicted octanol–water partition coefficient (Wildman–Crippen LogP) is 3.33. The van der Waals surface area contributed by atoms with Crippen molar-refractivity contribution < 1.29 is 14.3 Å². The van der Waals surface area contributed by atoms with Crippen molar-refractivity contribution in [1.29, 1.82) is 0 Å². The number of ether oxygens (including phenoxy) is 1. The number of imide groups is 1. The van der Waals surface area contributed by atoms with Gasteiger partial charge in [-0.3, -0.25) is 24.5 Å². The van der Waals surface area contributed by atoms with E-state index in [1.807, 2.05) is 48.2 Å². The number of rotatable bonds is 9. The zero-order chi connectivity index (χ0) is 23.2. The molecule has 1 aliphatic rings. The largest absolute Gasteiger partial charge is 0.496 e. The molecule has 0 radical (unpaired) electrons. The van der Waals surface area contributed by atoms with Crippen LogP contribution in [-0.4, -0.2) is 51.8 Å². The Bertz CT molecular complexity index is 1160. The molecule has 0 unspecified atom stereocenters. The van der Waals surface area contributed by atoms with Crippen molar-refractivity contribution in [3.05, 3.63) is 95.7 Å². The molecule has 2 amide bonds. The highest BCUT2D eigenvalue weighted by molar-refractivity contribution is 6.35. The summed E-state index contributed by atoms with van der Waals surface area (Å²) in [6.45, 7) is 3.32. The van der Waals surface area contributed by atoms with Gasteiger partial charge in [-0.15, -0.1) is 0 Å². The molecule has 168 valence electrons. The summed E-state index contributed by atoms with van der Waals surface area (Å²) in [6, 6.07) is 14.9. The van der Waals surface area contributed by atoms with E-state index in [9.17, 15) is 9.59 Å². The lowest BCUT2D eigenvalue weighted by molar-refractivity contribution is -0.138. The van der Waals surface area contributed by atoms with Crippen molar-refractivity contribution in [3.8, 4) is 5.75 Å². The van der Waals surface area contributed by atoms with Crippen LogP contribution >= 0.6 is 0 Å². The SMILES string of the molecule is CCN(CCc1ccncc1)C1=C(c2ccccc2OC)C(=O)N(Cc2cccnc2)C1=O. The molecule has 7 nitrogen and oxygen atoms in total. The van der Waals surface area contributed by atoms with E-state index in [4.69, 9.17) is 4.74 Å². The van der Waals surface area contributed by atoms with E-state index in [2.05, 4.69) is 9.97 Å². The fourth-order valence-electron chi connectivity index (χ4n) is 4.01. The summed E-state index contributed by atoms with van der Waals surface area (Å²) in [4.78, 5) is 38.7. The van der Waals surface area contributed by atoms with Gasteiger partial charge in [-0.05, 0) is 48.7 Å². The molecule has 0 aliphatic carbocycles. The Morgan fingerprint density at radius 2 is 1.70 bits per heavy atom. The average molecular weight is 443 g/mol. The quantitative estimate of drug-likeness (QED) is 0.473. The van der Waals surface area contributed by atoms with Crippen molar-refractivity contribution in [2.24, 2.45) is 0 Å². The van der Waals surface area contributed by atoms with Gasteiger partial charge in [-0.2, -0.15) is 0 Å². The fourth-order valence-corrected chi connectivity index (χ4v) is 4.01. The first-order valence-electron chi connectivity index (χ1n) is 10.9. The molecular formula is C26H26N4O3. The van der Waals surface area contributed by atoms with Crippen LogP contribution in [0.3, 0.4) is 0 Å². The number of methoxy groups -OCH3 is 1. The van der Waals surface area contributed by atoms with Crippen molar-refractivity contribution in [2.45, 2.75) is 19.9 Å². The predicted molar refractivity (Wildman–Crippen MR) is 125 cm³/mol. The number of carbonyl (C=O) groups excluding carboxylic acids is 2. The van der Waals surface area contributed by atoms with Gasteiger partial charge in [0.05, 0.1) is 19.2 Å². The second-order valence-corrected chi connectivity index (χ2v) is 7.67. The van der Waals surface area contributed by atoms with Crippen LogP contribution in [0.25, 0.3) is 5.57 Å². The van der Waals surface area contributed by atoms with Crippen LogP contribution < -0.4 is 4.74 Å². The number of para-hydroxylation sites is 1. The summed E-state index contributed by atoms with van der Waals surface area (Å²) in [6.07, 6.45) is 7.57. The standard InChI is InChI=1S/C26H26N4O3/c1-3-29(16-12-19-10-14-27-15-11-19)24-23(21-8-4-5-9-22(21)33-2)25(31)30(26(24)32)18-20-7-6-13-28-17-20/h4-11,13-15,17H,3,12,16,18H2,1-2H3. The van der Waals surface area contributed by atoms with Crippen LogP contribution in [-0.2, 0) is 22.6 Å². The van der Waals surface area contributed by atoms with Gasteiger partial charge in [0.1, 0.15) is 11.4 Å². The molecule has 2 aromatic heterocycles. The molecule has 0 saturated carbocycles. The molecule has 0 bridgehead atoms. The third-order valence-corrected chi connectivity index (χ3v) is 5.70. The number of aromatic nitrogens is 2. The van der Waals surface area contributed by atoms with Crippen LogP contribution in [0.15, 0.2) is 79.0 Å². The van der Waals surface area contributed by atoms with Gasteiger partial charge in [-0.1, -0.05) is 24.3 Å². The fraction of sp³-hybridized carbons (Fsp3) is 0.231. The van der Waals surface area contributed by atoms with Crippen molar-refractivity contribution >= 4 is 17.4 Å². The lowest BCUT2D eigenvalue weighted by Gasteiger charge is -2.25. The number of hydrogen-bond donors (Lipinski definition) is 0. The summed E-state index contributed by atoms with van der Waals surface area (Å²) < 4.78 is 5.53. The van der Waals surface area contributed by atoms with E-state index in [1.54, 1.807) is 44.0 Å². The lowest BCUT2D eigenvalue weighted by Crippen LogP contribution is -2.35. The lowest BCUT2D eigenvalue weighted by atomic mass is 10.0. The molecule has 0 spiro atoms. The summed E-state index contributed by atoms with van der Waals surface area (Å²) in [5.41, 5.74) is 3.30. The molecule has 3 heterocycles. The first-order valence-corrected chi connectivity index (χ1v) is 10.9. The van der Waals surface area contributed by atoms with E-state index < -0.39 is 0 Å². The molecule has 0 saturated heterocycles. The highest BCUT2D eigenvalue weighted by Gasteiger charge is 2.42.